The zero-order chi connectivity index (χ0) is 16.2. The summed E-state index contributed by atoms with van der Waals surface area (Å²) in [5, 5.41) is 2.89. The zero-order valence-corrected chi connectivity index (χ0v) is 13.5. The van der Waals surface area contributed by atoms with Crippen LogP contribution in [0.5, 0.6) is 5.88 Å². The van der Waals surface area contributed by atoms with Gasteiger partial charge in [-0.25, -0.2) is 4.98 Å². The molecule has 4 heteroatoms. The number of nitrogens with zero attached hydrogens (tertiary/aromatic N) is 1. The van der Waals surface area contributed by atoms with E-state index in [1.54, 1.807) is 19.4 Å². The highest BCUT2D eigenvalue weighted by Gasteiger charge is 2.14. The predicted molar refractivity (Wildman–Crippen MR) is 87.1 cm³/mol. The van der Waals surface area contributed by atoms with Gasteiger partial charge in [0.25, 0.3) is 5.91 Å². The number of aromatic nitrogens is 1. The molecule has 0 aliphatic heterocycles. The van der Waals surface area contributed by atoms with Crippen LogP contribution in [0.25, 0.3) is 0 Å². The van der Waals surface area contributed by atoms with Gasteiger partial charge in [-0.2, -0.15) is 0 Å². The van der Waals surface area contributed by atoms with Gasteiger partial charge in [-0.3, -0.25) is 4.79 Å². The molecule has 0 saturated carbocycles. The first-order chi connectivity index (χ1) is 10.4. The van der Waals surface area contributed by atoms with E-state index < -0.39 is 0 Å². The third-order valence-electron chi connectivity index (χ3n) is 3.47. The van der Waals surface area contributed by atoms with Gasteiger partial charge in [0.05, 0.1) is 7.11 Å². The van der Waals surface area contributed by atoms with Crippen LogP contribution < -0.4 is 10.1 Å². The molecule has 22 heavy (non-hydrogen) atoms. The number of benzene rings is 1. The molecule has 0 radical (unpaired) electrons. The van der Waals surface area contributed by atoms with E-state index in [-0.39, 0.29) is 11.3 Å². The molecule has 0 saturated heterocycles. The highest BCUT2D eigenvalue weighted by molar-refractivity contribution is 5.94. The van der Waals surface area contributed by atoms with E-state index in [0.29, 0.717) is 18.0 Å². The molecule has 1 aromatic carbocycles. The predicted octanol–water partition coefficient (Wildman–Crippen LogP) is 3.32. The Kier molecular flexibility index (Phi) is 4.81. The first-order valence-electron chi connectivity index (χ1n) is 7.28. The fraction of sp³-hybridized carbons (Fsp3) is 0.333. The summed E-state index contributed by atoms with van der Waals surface area (Å²) in [5.74, 6) is 0.476. The van der Waals surface area contributed by atoms with Crippen LogP contribution in [-0.2, 0) is 12.0 Å². The van der Waals surface area contributed by atoms with Gasteiger partial charge in [0.2, 0.25) is 5.88 Å². The molecular formula is C18H22N2O2. The average Bonchev–Trinajstić information content (AvgIpc) is 2.52. The molecule has 0 atom stereocenters. The SMILES string of the molecule is COc1ccc(CNC(=O)c2ccc(C(C)(C)C)cc2)cn1. The second-order valence-corrected chi connectivity index (χ2v) is 6.22. The number of methoxy groups -OCH3 is 1. The Hall–Kier alpha value is -2.36. The number of carbonyl (C=O) groups excluding carboxylic acids is 1. The second kappa shape index (κ2) is 6.60. The highest BCUT2D eigenvalue weighted by atomic mass is 16.5. The van der Waals surface area contributed by atoms with Gasteiger partial charge in [0.15, 0.2) is 0 Å². The molecule has 1 amide bonds. The van der Waals surface area contributed by atoms with Crippen molar-refractivity contribution in [2.45, 2.75) is 32.7 Å². The standard InChI is InChI=1S/C18H22N2O2/c1-18(2,3)15-8-6-14(7-9-15)17(21)20-12-13-5-10-16(22-4)19-11-13/h5-11H,12H2,1-4H3,(H,20,21). The molecule has 2 aromatic rings. The summed E-state index contributed by atoms with van der Waals surface area (Å²) in [6.07, 6.45) is 1.70. The molecular weight excluding hydrogens is 276 g/mol. The molecule has 1 N–H and O–H groups in total. The fourth-order valence-electron chi connectivity index (χ4n) is 2.04. The van der Waals surface area contributed by atoms with Crippen molar-refractivity contribution < 1.29 is 9.53 Å². The lowest BCUT2D eigenvalue weighted by molar-refractivity contribution is 0.0951. The van der Waals surface area contributed by atoms with E-state index >= 15 is 0 Å². The molecule has 0 spiro atoms. The number of amides is 1. The van der Waals surface area contributed by atoms with Crippen LogP contribution in [0.3, 0.4) is 0 Å². The van der Waals surface area contributed by atoms with Crippen LogP contribution in [0.2, 0.25) is 0 Å². The van der Waals surface area contributed by atoms with E-state index in [1.807, 2.05) is 30.3 Å². The number of hydrogen-bond acceptors (Lipinski definition) is 3. The lowest BCUT2D eigenvalue weighted by atomic mass is 9.87. The Balaban J connectivity index is 1.97. The number of rotatable bonds is 4. The molecule has 0 aliphatic rings. The molecule has 116 valence electrons. The number of carbonyl (C=O) groups is 1. The lowest BCUT2D eigenvalue weighted by Crippen LogP contribution is -2.23. The Morgan fingerprint density at radius 3 is 2.32 bits per heavy atom. The van der Waals surface area contributed by atoms with Crippen LogP contribution in [-0.4, -0.2) is 18.0 Å². The van der Waals surface area contributed by atoms with Crippen molar-refractivity contribution in [3.63, 3.8) is 0 Å². The molecule has 0 bridgehead atoms. The molecule has 2 rings (SSSR count). The van der Waals surface area contributed by atoms with Crippen molar-refractivity contribution >= 4 is 5.91 Å². The normalized spacial score (nSPS) is 11.1. The number of nitrogens with one attached hydrogen (secondary N) is 1. The maximum atomic E-state index is 12.1. The van der Waals surface area contributed by atoms with Gasteiger partial charge in [-0.15, -0.1) is 0 Å². The second-order valence-electron chi connectivity index (χ2n) is 6.22. The first-order valence-corrected chi connectivity index (χ1v) is 7.28. The Morgan fingerprint density at radius 1 is 1.14 bits per heavy atom. The third kappa shape index (κ3) is 4.07. The van der Waals surface area contributed by atoms with Crippen LogP contribution in [0.15, 0.2) is 42.6 Å². The minimum atomic E-state index is -0.0868. The van der Waals surface area contributed by atoms with Gasteiger partial charge in [0, 0.05) is 24.4 Å². The van der Waals surface area contributed by atoms with Gasteiger partial charge >= 0.3 is 0 Å². The van der Waals surface area contributed by atoms with Crippen LogP contribution >= 0.6 is 0 Å². The van der Waals surface area contributed by atoms with Crippen molar-refractivity contribution in [1.29, 1.82) is 0 Å². The van der Waals surface area contributed by atoms with Gasteiger partial charge in [-0.1, -0.05) is 39.0 Å². The topological polar surface area (TPSA) is 51.2 Å². The van der Waals surface area contributed by atoms with Crippen molar-refractivity contribution in [3.05, 3.63) is 59.3 Å². The Bertz CT molecular complexity index is 626. The third-order valence-corrected chi connectivity index (χ3v) is 3.47. The summed E-state index contributed by atoms with van der Waals surface area (Å²) in [6.45, 7) is 6.90. The molecule has 0 aliphatic carbocycles. The maximum absolute atomic E-state index is 12.1. The first kappa shape index (κ1) is 16.0. The lowest BCUT2D eigenvalue weighted by Gasteiger charge is -2.19. The number of ether oxygens (including phenoxy) is 1. The minimum absolute atomic E-state index is 0.0868. The summed E-state index contributed by atoms with van der Waals surface area (Å²) in [7, 11) is 1.57. The zero-order valence-electron chi connectivity index (χ0n) is 13.5. The maximum Gasteiger partial charge on any atom is 0.251 e. The van der Waals surface area contributed by atoms with Crippen LogP contribution in [0.1, 0.15) is 42.3 Å². The summed E-state index contributed by atoms with van der Waals surface area (Å²) in [6, 6.07) is 11.4. The molecule has 1 aromatic heterocycles. The smallest absolute Gasteiger partial charge is 0.251 e. The van der Waals surface area contributed by atoms with E-state index in [9.17, 15) is 4.79 Å². The molecule has 0 fully saturated rings. The Labute approximate surface area is 131 Å². The van der Waals surface area contributed by atoms with Crippen molar-refractivity contribution in [2.75, 3.05) is 7.11 Å². The largest absolute Gasteiger partial charge is 0.481 e. The van der Waals surface area contributed by atoms with Gasteiger partial charge in [0.1, 0.15) is 0 Å². The quantitative estimate of drug-likeness (QED) is 0.942. The molecule has 0 unspecified atom stereocenters. The van der Waals surface area contributed by atoms with E-state index in [0.717, 1.165) is 5.56 Å². The van der Waals surface area contributed by atoms with Gasteiger partial charge < -0.3 is 10.1 Å². The van der Waals surface area contributed by atoms with E-state index in [2.05, 4.69) is 31.1 Å². The fourth-order valence-corrected chi connectivity index (χ4v) is 2.04. The van der Waals surface area contributed by atoms with E-state index in [1.165, 1.54) is 5.56 Å². The van der Waals surface area contributed by atoms with Crippen LogP contribution in [0, 0.1) is 0 Å². The summed E-state index contributed by atoms with van der Waals surface area (Å²) in [4.78, 5) is 16.3. The average molecular weight is 298 g/mol. The summed E-state index contributed by atoms with van der Waals surface area (Å²) >= 11 is 0. The monoisotopic (exact) mass is 298 g/mol. The molecule has 1 heterocycles. The van der Waals surface area contributed by atoms with E-state index in [4.69, 9.17) is 4.74 Å². The van der Waals surface area contributed by atoms with Crippen LogP contribution in [0.4, 0.5) is 0 Å². The minimum Gasteiger partial charge on any atom is -0.481 e. The summed E-state index contributed by atoms with van der Waals surface area (Å²) < 4.78 is 5.00. The number of hydrogen-bond donors (Lipinski definition) is 1. The van der Waals surface area contributed by atoms with Crippen molar-refractivity contribution in [1.82, 2.24) is 10.3 Å². The summed E-state index contributed by atoms with van der Waals surface area (Å²) in [5.41, 5.74) is 2.89. The number of pyridine rings is 1. The van der Waals surface area contributed by atoms with Crippen molar-refractivity contribution in [2.24, 2.45) is 0 Å². The van der Waals surface area contributed by atoms with Crippen molar-refractivity contribution in [3.8, 4) is 5.88 Å². The molecule has 4 nitrogen and oxygen atoms in total. The van der Waals surface area contributed by atoms with Gasteiger partial charge in [-0.05, 0) is 28.7 Å². The Morgan fingerprint density at radius 2 is 1.82 bits per heavy atom. The highest BCUT2D eigenvalue weighted by Crippen LogP contribution is 2.22.